The predicted molar refractivity (Wildman–Crippen MR) is 77.8 cm³/mol. The maximum absolute atomic E-state index is 5.72. The van der Waals surface area contributed by atoms with Crippen LogP contribution in [-0.2, 0) is 6.54 Å². The van der Waals surface area contributed by atoms with Crippen molar-refractivity contribution in [3.8, 4) is 0 Å². The summed E-state index contributed by atoms with van der Waals surface area (Å²) in [5, 5.41) is 3.29. The summed E-state index contributed by atoms with van der Waals surface area (Å²) in [7, 11) is 0. The minimum atomic E-state index is 0.400. The lowest BCUT2D eigenvalue weighted by atomic mass is 10.1. The first kappa shape index (κ1) is 12.6. The van der Waals surface area contributed by atoms with E-state index >= 15 is 0 Å². The van der Waals surface area contributed by atoms with Crippen molar-refractivity contribution in [2.45, 2.75) is 20.4 Å². The monoisotopic (exact) mass is 260 g/mol. The molecule has 1 heterocycles. The summed E-state index contributed by atoms with van der Waals surface area (Å²) in [5.74, 6) is 1.80. The van der Waals surface area contributed by atoms with Gasteiger partial charge in [0.2, 0.25) is 0 Å². The van der Waals surface area contributed by atoms with Gasteiger partial charge in [0.1, 0.15) is 16.5 Å². The SMILES string of the molecule is Cc1ccc(NCc2ccc(C)o2)c(C(N)=S)c1. The molecule has 18 heavy (non-hydrogen) atoms. The normalized spacial score (nSPS) is 10.3. The molecule has 94 valence electrons. The van der Waals surface area contributed by atoms with Gasteiger partial charge in [-0.3, -0.25) is 0 Å². The molecule has 1 aromatic carbocycles. The number of hydrogen-bond donors (Lipinski definition) is 2. The molecule has 4 heteroatoms. The fourth-order valence-corrected chi connectivity index (χ4v) is 1.95. The highest BCUT2D eigenvalue weighted by Gasteiger charge is 2.06. The second kappa shape index (κ2) is 5.23. The largest absolute Gasteiger partial charge is 0.465 e. The molecule has 0 fully saturated rings. The lowest BCUT2D eigenvalue weighted by molar-refractivity contribution is 0.490. The highest BCUT2D eigenvalue weighted by molar-refractivity contribution is 7.80. The van der Waals surface area contributed by atoms with Gasteiger partial charge in [-0.15, -0.1) is 0 Å². The minimum Gasteiger partial charge on any atom is -0.465 e. The van der Waals surface area contributed by atoms with Crippen LogP contribution < -0.4 is 11.1 Å². The van der Waals surface area contributed by atoms with E-state index in [0.717, 1.165) is 28.3 Å². The molecule has 0 spiro atoms. The molecule has 0 aliphatic carbocycles. The van der Waals surface area contributed by atoms with Crippen LogP contribution >= 0.6 is 12.2 Å². The zero-order valence-electron chi connectivity index (χ0n) is 10.5. The molecule has 0 saturated heterocycles. The molecule has 0 amide bonds. The van der Waals surface area contributed by atoms with E-state index in [0.29, 0.717) is 11.5 Å². The van der Waals surface area contributed by atoms with Crippen LogP contribution in [-0.4, -0.2) is 4.99 Å². The van der Waals surface area contributed by atoms with E-state index in [-0.39, 0.29) is 0 Å². The Labute approximate surface area is 112 Å². The molecule has 3 nitrogen and oxygen atoms in total. The van der Waals surface area contributed by atoms with Gasteiger partial charge in [-0.05, 0) is 38.1 Å². The van der Waals surface area contributed by atoms with Gasteiger partial charge in [-0.2, -0.15) is 0 Å². The van der Waals surface area contributed by atoms with Gasteiger partial charge < -0.3 is 15.5 Å². The summed E-state index contributed by atoms with van der Waals surface area (Å²) in [5.41, 5.74) is 8.66. The zero-order valence-corrected chi connectivity index (χ0v) is 11.3. The van der Waals surface area contributed by atoms with Gasteiger partial charge in [-0.1, -0.05) is 23.8 Å². The van der Waals surface area contributed by atoms with Gasteiger partial charge in [0.05, 0.1) is 6.54 Å². The number of anilines is 1. The zero-order chi connectivity index (χ0) is 13.1. The van der Waals surface area contributed by atoms with Crippen LogP contribution in [0.2, 0.25) is 0 Å². The van der Waals surface area contributed by atoms with E-state index in [1.807, 2.05) is 44.2 Å². The Morgan fingerprint density at radius 2 is 2.06 bits per heavy atom. The molecule has 3 N–H and O–H groups in total. The number of thiocarbonyl (C=S) groups is 1. The number of rotatable bonds is 4. The Balaban J connectivity index is 2.16. The van der Waals surface area contributed by atoms with E-state index in [1.54, 1.807) is 0 Å². The molecular formula is C14H16N2OS. The minimum absolute atomic E-state index is 0.400. The first-order chi connectivity index (χ1) is 8.56. The Morgan fingerprint density at radius 1 is 1.28 bits per heavy atom. The predicted octanol–water partition coefficient (Wildman–Crippen LogP) is 3.14. The summed E-state index contributed by atoms with van der Waals surface area (Å²) in [6, 6.07) is 9.90. The smallest absolute Gasteiger partial charge is 0.123 e. The topological polar surface area (TPSA) is 51.2 Å². The van der Waals surface area contributed by atoms with Crippen LogP contribution in [0.4, 0.5) is 5.69 Å². The van der Waals surface area contributed by atoms with Gasteiger partial charge in [-0.25, -0.2) is 0 Å². The van der Waals surface area contributed by atoms with E-state index < -0.39 is 0 Å². The molecule has 2 aromatic rings. The van der Waals surface area contributed by atoms with Crippen LogP contribution in [0.25, 0.3) is 0 Å². The number of nitrogens with one attached hydrogen (secondary N) is 1. The number of furan rings is 1. The second-order valence-corrected chi connectivity index (χ2v) is 4.72. The highest BCUT2D eigenvalue weighted by Crippen LogP contribution is 2.18. The highest BCUT2D eigenvalue weighted by atomic mass is 32.1. The maximum Gasteiger partial charge on any atom is 0.123 e. The van der Waals surface area contributed by atoms with Gasteiger partial charge in [0.15, 0.2) is 0 Å². The summed E-state index contributed by atoms with van der Waals surface area (Å²) in [6.45, 7) is 4.56. The van der Waals surface area contributed by atoms with E-state index in [9.17, 15) is 0 Å². The summed E-state index contributed by atoms with van der Waals surface area (Å²) in [4.78, 5) is 0.400. The van der Waals surface area contributed by atoms with E-state index in [2.05, 4.69) is 5.32 Å². The molecule has 0 unspecified atom stereocenters. The molecule has 1 aromatic heterocycles. The van der Waals surface area contributed by atoms with Crippen molar-refractivity contribution < 1.29 is 4.42 Å². The summed E-state index contributed by atoms with van der Waals surface area (Å²) < 4.78 is 5.50. The molecule has 0 aliphatic heterocycles. The Hall–Kier alpha value is -1.81. The van der Waals surface area contributed by atoms with Gasteiger partial charge in [0, 0.05) is 11.3 Å². The number of aryl methyl sites for hydroxylation is 2. The second-order valence-electron chi connectivity index (χ2n) is 4.28. The first-order valence-electron chi connectivity index (χ1n) is 5.76. The van der Waals surface area contributed by atoms with Gasteiger partial charge >= 0.3 is 0 Å². The van der Waals surface area contributed by atoms with Crippen molar-refractivity contribution in [1.82, 2.24) is 0 Å². The van der Waals surface area contributed by atoms with Crippen molar-refractivity contribution >= 4 is 22.9 Å². The average Bonchev–Trinajstić information content (AvgIpc) is 2.73. The van der Waals surface area contributed by atoms with Crippen LogP contribution in [0.15, 0.2) is 34.7 Å². The number of benzene rings is 1. The third-order valence-corrected chi connectivity index (χ3v) is 2.91. The van der Waals surface area contributed by atoms with Gasteiger partial charge in [0.25, 0.3) is 0 Å². The van der Waals surface area contributed by atoms with E-state index in [4.69, 9.17) is 22.4 Å². The third-order valence-electron chi connectivity index (χ3n) is 2.69. The lowest BCUT2D eigenvalue weighted by Gasteiger charge is -2.11. The quantitative estimate of drug-likeness (QED) is 0.829. The maximum atomic E-state index is 5.72. The molecule has 0 radical (unpaired) electrons. The van der Waals surface area contributed by atoms with Crippen molar-refractivity contribution in [3.63, 3.8) is 0 Å². The van der Waals surface area contributed by atoms with E-state index in [1.165, 1.54) is 0 Å². The lowest BCUT2D eigenvalue weighted by Crippen LogP contribution is -2.13. The molecular weight excluding hydrogens is 244 g/mol. The van der Waals surface area contributed by atoms with Crippen LogP contribution in [0.3, 0.4) is 0 Å². The molecule has 2 rings (SSSR count). The fraction of sp³-hybridized carbons (Fsp3) is 0.214. The van der Waals surface area contributed by atoms with Crippen LogP contribution in [0, 0.1) is 13.8 Å². The Kier molecular flexibility index (Phi) is 3.67. The number of hydrogen-bond acceptors (Lipinski definition) is 3. The fourth-order valence-electron chi connectivity index (χ4n) is 1.78. The standard InChI is InChI=1S/C14H16N2OS/c1-9-3-6-13(12(7-9)14(15)18)16-8-11-5-4-10(2)17-11/h3-7,16H,8H2,1-2H3,(H2,15,18). The molecule has 0 bridgehead atoms. The summed E-state index contributed by atoms with van der Waals surface area (Å²) in [6.07, 6.45) is 0. The Bertz CT molecular complexity index is 575. The molecule has 0 atom stereocenters. The van der Waals surface area contributed by atoms with Crippen molar-refractivity contribution in [1.29, 1.82) is 0 Å². The van der Waals surface area contributed by atoms with Crippen molar-refractivity contribution in [2.75, 3.05) is 5.32 Å². The average molecular weight is 260 g/mol. The molecule has 0 aliphatic rings. The van der Waals surface area contributed by atoms with Crippen LogP contribution in [0.5, 0.6) is 0 Å². The molecule has 0 saturated carbocycles. The third kappa shape index (κ3) is 2.90. The number of nitrogens with two attached hydrogens (primary N) is 1. The summed E-state index contributed by atoms with van der Waals surface area (Å²) >= 11 is 5.06. The first-order valence-corrected chi connectivity index (χ1v) is 6.17. The Morgan fingerprint density at radius 3 is 2.67 bits per heavy atom. The van der Waals surface area contributed by atoms with Crippen molar-refractivity contribution in [3.05, 3.63) is 53.0 Å². The van der Waals surface area contributed by atoms with Crippen molar-refractivity contribution in [2.24, 2.45) is 5.73 Å². The van der Waals surface area contributed by atoms with Crippen LogP contribution in [0.1, 0.15) is 22.6 Å².